The van der Waals surface area contributed by atoms with Crippen molar-refractivity contribution in [3.05, 3.63) is 34.3 Å². The fourth-order valence-corrected chi connectivity index (χ4v) is 2.80. The lowest BCUT2D eigenvalue weighted by Gasteiger charge is -2.19. The molecule has 0 bridgehead atoms. The molecule has 1 N–H and O–H groups in total. The first kappa shape index (κ1) is 19.1. The minimum absolute atomic E-state index is 0.223. The standard InChI is InChI=1S/C18H25N3O3S/c1-5-6-9-24-17-8-7-15(23-4)10-16(17)20-18(22)21(3)11-14-12-25-13(2)19-14/h7-8,10,12H,5-6,9,11H2,1-4H3,(H,20,22). The molecule has 0 fully saturated rings. The van der Waals surface area contributed by atoms with Gasteiger partial charge in [-0.25, -0.2) is 9.78 Å². The van der Waals surface area contributed by atoms with Crippen molar-refractivity contribution in [1.29, 1.82) is 0 Å². The molecule has 1 aromatic carbocycles. The number of nitrogens with one attached hydrogen (secondary N) is 1. The second kappa shape index (κ2) is 9.27. The van der Waals surface area contributed by atoms with E-state index in [1.165, 1.54) is 0 Å². The quantitative estimate of drug-likeness (QED) is 0.710. The van der Waals surface area contributed by atoms with Crippen LogP contribution in [-0.2, 0) is 6.54 Å². The van der Waals surface area contributed by atoms with Crippen LogP contribution in [0, 0.1) is 6.92 Å². The van der Waals surface area contributed by atoms with Crippen LogP contribution in [0.15, 0.2) is 23.6 Å². The summed E-state index contributed by atoms with van der Waals surface area (Å²) >= 11 is 1.57. The predicted octanol–water partition coefficient (Wildman–Crippen LogP) is 4.30. The summed E-state index contributed by atoms with van der Waals surface area (Å²) in [7, 11) is 3.33. The topological polar surface area (TPSA) is 63.7 Å². The van der Waals surface area contributed by atoms with Gasteiger partial charge in [-0.1, -0.05) is 13.3 Å². The molecule has 0 atom stereocenters. The first-order valence-corrected chi connectivity index (χ1v) is 9.15. The largest absolute Gasteiger partial charge is 0.497 e. The zero-order chi connectivity index (χ0) is 18.2. The van der Waals surface area contributed by atoms with Crippen LogP contribution in [0.1, 0.15) is 30.5 Å². The third-order valence-electron chi connectivity index (χ3n) is 3.60. The summed E-state index contributed by atoms with van der Waals surface area (Å²) in [6.45, 7) is 5.12. The molecule has 6 nitrogen and oxygen atoms in total. The third-order valence-corrected chi connectivity index (χ3v) is 4.42. The maximum atomic E-state index is 12.5. The molecule has 0 unspecified atom stereocenters. The Kier molecular flexibility index (Phi) is 7.06. The number of carbonyl (C=O) groups is 1. The number of hydrogen-bond acceptors (Lipinski definition) is 5. The third kappa shape index (κ3) is 5.63. The normalized spacial score (nSPS) is 10.4. The SMILES string of the molecule is CCCCOc1ccc(OC)cc1NC(=O)N(C)Cc1csc(C)n1. The van der Waals surface area contributed by atoms with Crippen LogP contribution in [0.5, 0.6) is 11.5 Å². The van der Waals surface area contributed by atoms with E-state index < -0.39 is 0 Å². The summed E-state index contributed by atoms with van der Waals surface area (Å²) in [5.41, 5.74) is 1.48. The minimum atomic E-state index is -0.223. The van der Waals surface area contributed by atoms with Gasteiger partial charge in [0.25, 0.3) is 0 Å². The molecule has 136 valence electrons. The lowest BCUT2D eigenvalue weighted by atomic mass is 10.2. The number of anilines is 1. The lowest BCUT2D eigenvalue weighted by Crippen LogP contribution is -2.31. The Morgan fingerprint density at radius 2 is 2.20 bits per heavy atom. The first-order valence-electron chi connectivity index (χ1n) is 8.27. The van der Waals surface area contributed by atoms with Gasteiger partial charge >= 0.3 is 6.03 Å². The fraction of sp³-hybridized carbons (Fsp3) is 0.444. The highest BCUT2D eigenvalue weighted by molar-refractivity contribution is 7.09. The van der Waals surface area contributed by atoms with Crippen molar-refractivity contribution >= 4 is 23.1 Å². The van der Waals surface area contributed by atoms with E-state index in [9.17, 15) is 4.79 Å². The molecule has 0 saturated heterocycles. The molecular formula is C18H25N3O3S. The van der Waals surface area contributed by atoms with Crippen molar-refractivity contribution in [1.82, 2.24) is 9.88 Å². The minimum Gasteiger partial charge on any atom is -0.497 e. The number of carbonyl (C=O) groups excluding carboxylic acids is 1. The summed E-state index contributed by atoms with van der Waals surface area (Å²) < 4.78 is 11.0. The van der Waals surface area contributed by atoms with Gasteiger partial charge in [-0.15, -0.1) is 11.3 Å². The van der Waals surface area contributed by atoms with Crippen LogP contribution in [0.25, 0.3) is 0 Å². The average Bonchev–Trinajstić information content (AvgIpc) is 3.01. The van der Waals surface area contributed by atoms with Gasteiger partial charge in [-0.3, -0.25) is 0 Å². The second-order valence-electron chi connectivity index (χ2n) is 5.71. The van der Waals surface area contributed by atoms with E-state index in [1.54, 1.807) is 36.5 Å². The summed E-state index contributed by atoms with van der Waals surface area (Å²) in [6, 6.07) is 5.17. The molecule has 0 saturated carbocycles. The first-order chi connectivity index (χ1) is 12.0. The van der Waals surface area contributed by atoms with Gasteiger partial charge in [0, 0.05) is 18.5 Å². The van der Waals surface area contributed by atoms with Crippen LogP contribution in [0.2, 0.25) is 0 Å². The molecule has 1 heterocycles. The number of urea groups is 1. The zero-order valence-corrected chi connectivity index (χ0v) is 16.0. The molecule has 2 rings (SSSR count). The monoisotopic (exact) mass is 363 g/mol. The van der Waals surface area contributed by atoms with E-state index >= 15 is 0 Å². The molecule has 1 aromatic heterocycles. The van der Waals surface area contributed by atoms with E-state index in [1.807, 2.05) is 24.4 Å². The molecule has 0 aliphatic carbocycles. The van der Waals surface area contributed by atoms with E-state index in [0.29, 0.717) is 30.3 Å². The number of hydrogen-bond donors (Lipinski definition) is 1. The van der Waals surface area contributed by atoms with E-state index in [0.717, 1.165) is 23.5 Å². The number of benzene rings is 1. The van der Waals surface area contributed by atoms with Gasteiger partial charge in [0.05, 0.1) is 36.7 Å². The summed E-state index contributed by atoms with van der Waals surface area (Å²) in [4.78, 5) is 18.5. The molecule has 7 heteroatoms. The number of amides is 2. The molecule has 2 amide bonds. The Balaban J connectivity index is 2.06. The number of methoxy groups -OCH3 is 1. The highest BCUT2D eigenvalue weighted by Crippen LogP contribution is 2.29. The van der Waals surface area contributed by atoms with Crippen LogP contribution in [0.3, 0.4) is 0 Å². The van der Waals surface area contributed by atoms with Gasteiger partial charge in [-0.05, 0) is 25.5 Å². The van der Waals surface area contributed by atoms with Gasteiger partial charge in [0.1, 0.15) is 11.5 Å². The van der Waals surface area contributed by atoms with Gasteiger partial charge < -0.3 is 19.7 Å². The summed E-state index contributed by atoms with van der Waals surface area (Å²) in [5, 5.41) is 5.85. The van der Waals surface area contributed by atoms with Crippen molar-refractivity contribution < 1.29 is 14.3 Å². The van der Waals surface area contributed by atoms with E-state index in [2.05, 4.69) is 17.2 Å². The van der Waals surface area contributed by atoms with Gasteiger partial charge in [-0.2, -0.15) is 0 Å². The molecule has 0 aliphatic heterocycles. The smallest absolute Gasteiger partial charge is 0.322 e. The van der Waals surface area contributed by atoms with E-state index in [4.69, 9.17) is 9.47 Å². The number of thiazole rings is 1. The Labute approximate surface area is 152 Å². The Morgan fingerprint density at radius 1 is 1.40 bits per heavy atom. The van der Waals surface area contributed by atoms with Crippen LogP contribution in [-0.4, -0.2) is 36.7 Å². The molecule has 0 aliphatic rings. The Hall–Kier alpha value is -2.28. The summed E-state index contributed by atoms with van der Waals surface area (Å²) in [5.74, 6) is 1.30. The van der Waals surface area contributed by atoms with Crippen molar-refractivity contribution in [2.45, 2.75) is 33.2 Å². The maximum Gasteiger partial charge on any atom is 0.322 e. The van der Waals surface area contributed by atoms with Crippen LogP contribution < -0.4 is 14.8 Å². The number of aromatic nitrogens is 1. The van der Waals surface area contributed by atoms with Crippen LogP contribution >= 0.6 is 11.3 Å². The average molecular weight is 363 g/mol. The Morgan fingerprint density at radius 3 is 2.84 bits per heavy atom. The van der Waals surface area contributed by atoms with Crippen molar-refractivity contribution in [2.75, 3.05) is 26.1 Å². The van der Waals surface area contributed by atoms with Crippen molar-refractivity contribution in [3.63, 3.8) is 0 Å². The zero-order valence-electron chi connectivity index (χ0n) is 15.2. The molecule has 25 heavy (non-hydrogen) atoms. The van der Waals surface area contributed by atoms with Crippen molar-refractivity contribution in [3.8, 4) is 11.5 Å². The second-order valence-corrected chi connectivity index (χ2v) is 6.77. The van der Waals surface area contributed by atoms with Gasteiger partial charge in [0.2, 0.25) is 0 Å². The lowest BCUT2D eigenvalue weighted by molar-refractivity contribution is 0.220. The highest BCUT2D eigenvalue weighted by Gasteiger charge is 2.14. The number of aryl methyl sites for hydroxylation is 1. The molecule has 0 radical (unpaired) electrons. The molecular weight excluding hydrogens is 338 g/mol. The molecule has 0 spiro atoms. The number of nitrogens with zero attached hydrogens (tertiary/aromatic N) is 2. The van der Waals surface area contributed by atoms with Gasteiger partial charge in [0.15, 0.2) is 0 Å². The highest BCUT2D eigenvalue weighted by atomic mass is 32.1. The van der Waals surface area contributed by atoms with E-state index in [-0.39, 0.29) is 6.03 Å². The molecule has 2 aromatic rings. The number of rotatable bonds is 8. The fourth-order valence-electron chi connectivity index (χ4n) is 2.19. The number of ether oxygens (including phenoxy) is 2. The van der Waals surface area contributed by atoms with Crippen molar-refractivity contribution in [2.24, 2.45) is 0 Å². The Bertz CT molecular complexity index is 703. The van der Waals surface area contributed by atoms with Crippen LogP contribution in [0.4, 0.5) is 10.5 Å². The number of unbranched alkanes of at least 4 members (excludes halogenated alkanes) is 1. The summed E-state index contributed by atoms with van der Waals surface area (Å²) in [6.07, 6.45) is 2.01. The predicted molar refractivity (Wildman–Crippen MR) is 101 cm³/mol. The maximum absolute atomic E-state index is 12.5.